The van der Waals surface area contributed by atoms with Gasteiger partial charge in [0.15, 0.2) is 0 Å². The average Bonchev–Trinajstić information content (AvgIpc) is 2.93. The van der Waals surface area contributed by atoms with Crippen molar-refractivity contribution in [2.45, 2.75) is 45.3 Å². The van der Waals surface area contributed by atoms with Crippen LogP contribution >= 0.6 is 0 Å². The largest absolute Gasteiger partial charge is 0.458 e. The average molecular weight is 264 g/mol. The maximum atomic E-state index is 12.0. The highest BCUT2D eigenvalue weighted by Crippen LogP contribution is 2.59. The molecule has 6 unspecified atom stereocenters. The number of hydrogen-bond acceptors (Lipinski definition) is 4. The molecule has 2 bridgehead atoms. The van der Waals surface area contributed by atoms with Gasteiger partial charge in [0, 0.05) is 17.4 Å². The van der Waals surface area contributed by atoms with Crippen LogP contribution in [0.25, 0.3) is 0 Å². The molecule has 0 amide bonds. The van der Waals surface area contributed by atoms with Gasteiger partial charge in [-0.25, -0.2) is 4.79 Å². The van der Waals surface area contributed by atoms with Crippen LogP contribution in [0, 0.1) is 23.7 Å². The number of hydrogen-bond donors (Lipinski definition) is 0. The minimum absolute atomic E-state index is 0.0507. The molecule has 3 aliphatic rings. The highest BCUT2D eigenvalue weighted by Gasteiger charge is 2.67. The zero-order valence-corrected chi connectivity index (χ0v) is 11.4. The smallest absolute Gasteiger partial charge is 0.333 e. The number of rotatable bonds is 4. The summed E-state index contributed by atoms with van der Waals surface area (Å²) in [5.41, 5.74) is 0.399. The Balaban J connectivity index is 1.82. The molecule has 0 aromatic heterocycles. The molecular formula is C15H20O4. The quantitative estimate of drug-likeness (QED) is 0.576. The van der Waals surface area contributed by atoms with Gasteiger partial charge in [0.1, 0.15) is 12.2 Å². The second kappa shape index (κ2) is 4.36. The molecular weight excluding hydrogens is 244 g/mol. The summed E-state index contributed by atoms with van der Waals surface area (Å²) >= 11 is 0. The first-order valence-electron chi connectivity index (χ1n) is 7.11. The van der Waals surface area contributed by atoms with Crippen molar-refractivity contribution in [1.82, 2.24) is 0 Å². The van der Waals surface area contributed by atoms with Crippen LogP contribution in [0.4, 0.5) is 0 Å². The number of esters is 2. The van der Waals surface area contributed by atoms with Gasteiger partial charge in [-0.2, -0.15) is 0 Å². The molecule has 4 nitrogen and oxygen atoms in total. The normalized spacial score (nSPS) is 42.3. The molecule has 2 saturated carbocycles. The minimum atomic E-state index is -0.368. The van der Waals surface area contributed by atoms with Crippen molar-refractivity contribution in [3.63, 3.8) is 0 Å². The zero-order valence-electron chi connectivity index (χ0n) is 11.4. The van der Waals surface area contributed by atoms with E-state index in [0.29, 0.717) is 11.5 Å². The Morgan fingerprint density at radius 3 is 2.84 bits per heavy atom. The van der Waals surface area contributed by atoms with E-state index in [1.807, 2.05) is 0 Å². The van der Waals surface area contributed by atoms with Gasteiger partial charge in [-0.3, -0.25) is 4.79 Å². The van der Waals surface area contributed by atoms with Gasteiger partial charge in [0.2, 0.25) is 0 Å². The molecule has 104 valence electrons. The Bertz CT molecular complexity index is 441. The van der Waals surface area contributed by atoms with E-state index in [9.17, 15) is 9.59 Å². The lowest BCUT2D eigenvalue weighted by Crippen LogP contribution is -2.40. The lowest BCUT2D eigenvalue weighted by molar-refractivity contribution is -0.158. The van der Waals surface area contributed by atoms with Crippen LogP contribution in [0.1, 0.15) is 33.1 Å². The molecule has 3 rings (SSSR count). The third kappa shape index (κ3) is 1.72. The summed E-state index contributed by atoms with van der Waals surface area (Å²) in [6.45, 7) is 7.37. The van der Waals surface area contributed by atoms with Gasteiger partial charge in [-0.1, -0.05) is 19.9 Å². The molecule has 0 radical (unpaired) electrons. The molecule has 0 N–H and O–H groups in total. The number of fused-ring (bicyclic) bond motifs is 1. The molecule has 1 aliphatic heterocycles. The van der Waals surface area contributed by atoms with Crippen LogP contribution in [-0.2, 0) is 19.1 Å². The van der Waals surface area contributed by atoms with E-state index in [0.717, 1.165) is 19.3 Å². The fourth-order valence-corrected chi connectivity index (χ4v) is 4.25. The third-order valence-corrected chi connectivity index (χ3v) is 4.92. The summed E-state index contributed by atoms with van der Waals surface area (Å²) in [5, 5.41) is 0. The Labute approximate surface area is 113 Å². The molecule has 0 spiro atoms. The van der Waals surface area contributed by atoms with Crippen molar-refractivity contribution in [3.05, 3.63) is 12.2 Å². The van der Waals surface area contributed by atoms with Crippen LogP contribution in [0.5, 0.6) is 0 Å². The van der Waals surface area contributed by atoms with E-state index < -0.39 is 0 Å². The van der Waals surface area contributed by atoms with E-state index in [2.05, 4.69) is 13.5 Å². The van der Waals surface area contributed by atoms with Gasteiger partial charge in [-0.05, 0) is 25.7 Å². The molecule has 6 atom stereocenters. The molecule has 1 heterocycles. The first-order chi connectivity index (χ1) is 9.04. The Kier molecular flexibility index (Phi) is 2.91. The highest BCUT2D eigenvalue weighted by atomic mass is 16.6. The van der Waals surface area contributed by atoms with Crippen molar-refractivity contribution in [1.29, 1.82) is 0 Å². The molecule has 2 aliphatic carbocycles. The van der Waals surface area contributed by atoms with Crippen LogP contribution in [-0.4, -0.2) is 24.1 Å². The van der Waals surface area contributed by atoms with E-state index in [1.54, 1.807) is 6.92 Å². The Morgan fingerprint density at radius 1 is 1.47 bits per heavy atom. The maximum Gasteiger partial charge on any atom is 0.333 e. The van der Waals surface area contributed by atoms with Crippen LogP contribution < -0.4 is 0 Å². The summed E-state index contributed by atoms with van der Waals surface area (Å²) in [4.78, 5) is 23.7. The Morgan fingerprint density at radius 2 is 2.21 bits per heavy atom. The monoisotopic (exact) mass is 264 g/mol. The first-order valence-corrected chi connectivity index (χ1v) is 7.11. The summed E-state index contributed by atoms with van der Waals surface area (Å²) in [6, 6.07) is 0. The predicted molar refractivity (Wildman–Crippen MR) is 68.1 cm³/mol. The van der Waals surface area contributed by atoms with Crippen molar-refractivity contribution in [3.8, 4) is 0 Å². The van der Waals surface area contributed by atoms with Gasteiger partial charge in [0.05, 0.1) is 5.92 Å². The van der Waals surface area contributed by atoms with Crippen molar-refractivity contribution < 1.29 is 19.1 Å². The lowest BCUT2D eigenvalue weighted by Gasteiger charge is -2.31. The minimum Gasteiger partial charge on any atom is -0.458 e. The standard InChI is InChI=1S/C15H20O4/c1-4-5-8-9-6-10-11(8)15(17)19-13(10)12(9)18-14(16)7(2)3/h8-13H,2,4-6H2,1,3H3. The van der Waals surface area contributed by atoms with E-state index in [1.165, 1.54) is 0 Å². The van der Waals surface area contributed by atoms with Crippen molar-refractivity contribution >= 4 is 11.9 Å². The summed E-state index contributed by atoms with van der Waals surface area (Å²) in [6.07, 6.45) is 2.55. The topological polar surface area (TPSA) is 52.6 Å². The number of carbonyl (C=O) groups is 2. The molecule has 0 aromatic carbocycles. The van der Waals surface area contributed by atoms with Gasteiger partial charge < -0.3 is 9.47 Å². The number of carbonyl (C=O) groups excluding carboxylic acids is 2. The van der Waals surface area contributed by atoms with E-state index in [-0.39, 0.29) is 41.9 Å². The van der Waals surface area contributed by atoms with Crippen LogP contribution in [0.15, 0.2) is 12.2 Å². The second-order valence-corrected chi connectivity index (χ2v) is 6.09. The molecule has 1 saturated heterocycles. The number of ether oxygens (including phenoxy) is 2. The summed E-state index contributed by atoms with van der Waals surface area (Å²) < 4.78 is 11.0. The van der Waals surface area contributed by atoms with E-state index >= 15 is 0 Å². The second-order valence-electron chi connectivity index (χ2n) is 6.09. The molecule has 4 heteroatoms. The zero-order chi connectivity index (χ0) is 13.7. The maximum absolute atomic E-state index is 12.0. The SMILES string of the molecule is C=C(C)C(=O)OC1C2CC3C1OC(=O)C3C2CCC. The fourth-order valence-electron chi connectivity index (χ4n) is 4.25. The lowest BCUT2D eigenvalue weighted by atomic mass is 9.76. The van der Waals surface area contributed by atoms with Gasteiger partial charge in [-0.15, -0.1) is 0 Å². The van der Waals surface area contributed by atoms with E-state index in [4.69, 9.17) is 9.47 Å². The van der Waals surface area contributed by atoms with Gasteiger partial charge >= 0.3 is 11.9 Å². The first kappa shape index (κ1) is 12.7. The highest BCUT2D eigenvalue weighted by molar-refractivity contribution is 5.87. The van der Waals surface area contributed by atoms with Crippen LogP contribution in [0.3, 0.4) is 0 Å². The molecule has 19 heavy (non-hydrogen) atoms. The molecule has 0 aromatic rings. The molecule has 3 fully saturated rings. The fraction of sp³-hybridized carbons (Fsp3) is 0.733. The summed E-state index contributed by atoms with van der Waals surface area (Å²) in [7, 11) is 0. The Hall–Kier alpha value is -1.32. The van der Waals surface area contributed by atoms with Crippen LogP contribution in [0.2, 0.25) is 0 Å². The van der Waals surface area contributed by atoms with Crippen molar-refractivity contribution in [2.24, 2.45) is 23.7 Å². The van der Waals surface area contributed by atoms with Gasteiger partial charge in [0.25, 0.3) is 0 Å². The van der Waals surface area contributed by atoms with Crippen molar-refractivity contribution in [2.75, 3.05) is 0 Å². The predicted octanol–water partition coefficient (Wildman–Crippen LogP) is 2.08. The summed E-state index contributed by atoms with van der Waals surface area (Å²) in [5.74, 6) is 0.475. The third-order valence-electron chi connectivity index (χ3n) is 4.92.